The van der Waals surface area contributed by atoms with E-state index < -0.39 is 11.7 Å². The van der Waals surface area contributed by atoms with Crippen molar-refractivity contribution in [3.8, 4) is 0 Å². The molecule has 6 heteroatoms. The second kappa shape index (κ2) is 7.50. The Labute approximate surface area is 117 Å². The fraction of sp³-hybridized carbons (Fsp3) is 0.571. The lowest BCUT2D eigenvalue weighted by Crippen LogP contribution is -2.20. The van der Waals surface area contributed by atoms with Gasteiger partial charge in [0.1, 0.15) is 0 Å². The average molecular weight is 290 g/mol. The van der Waals surface area contributed by atoms with Crippen LogP contribution in [0.3, 0.4) is 0 Å². The van der Waals surface area contributed by atoms with Gasteiger partial charge in [-0.15, -0.1) is 0 Å². The zero-order valence-electron chi connectivity index (χ0n) is 11.6. The van der Waals surface area contributed by atoms with Crippen molar-refractivity contribution in [2.24, 2.45) is 5.73 Å². The number of halogens is 3. The van der Waals surface area contributed by atoms with Crippen molar-refractivity contribution < 1.29 is 18.3 Å². The highest BCUT2D eigenvalue weighted by atomic mass is 19.4. The van der Waals surface area contributed by atoms with E-state index in [1.807, 2.05) is 0 Å². The maximum atomic E-state index is 12.9. The van der Waals surface area contributed by atoms with Crippen LogP contribution >= 0.6 is 0 Å². The van der Waals surface area contributed by atoms with Crippen molar-refractivity contribution in [1.29, 1.82) is 0 Å². The maximum absolute atomic E-state index is 12.9. The van der Waals surface area contributed by atoms with E-state index in [1.54, 1.807) is 18.0 Å². The summed E-state index contributed by atoms with van der Waals surface area (Å²) in [5.74, 6) is 0. The van der Waals surface area contributed by atoms with E-state index >= 15 is 0 Å². The highest BCUT2D eigenvalue weighted by molar-refractivity contribution is 5.51. The van der Waals surface area contributed by atoms with Gasteiger partial charge in [0.2, 0.25) is 0 Å². The molecule has 3 N–H and O–H groups in total. The predicted molar refractivity (Wildman–Crippen MR) is 73.5 cm³/mol. The van der Waals surface area contributed by atoms with Gasteiger partial charge in [0, 0.05) is 32.4 Å². The van der Waals surface area contributed by atoms with Crippen LogP contribution < -0.4 is 10.6 Å². The Hall–Kier alpha value is -1.27. The molecule has 0 saturated carbocycles. The van der Waals surface area contributed by atoms with Gasteiger partial charge in [0.05, 0.1) is 5.56 Å². The predicted octanol–water partition coefficient (Wildman–Crippen LogP) is 2.76. The summed E-state index contributed by atoms with van der Waals surface area (Å²) < 4.78 is 38.8. The Kier molecular flexibility index (Phi) is 6.29. The van der Waals surface area contributed by atoms with E-state index in [-0.39, 0.29) is 18.7 Å². The van der Waals surface area contributed by atoms with Crippen LogP contribution in [0.5, 0.6) is 0 Å². The van der Waals surface area contributed by atoms with Gasteiger partial charge in [0.15, 0.2) is 0 Å². The summed E-state index contributed by atoms with van der Waals surface area (Å²) in [6.45, 7) is 0.668. The summed E-state index contributed by atoms with van der Waals surface area (Å²) >= 11 is 0. The zero-order valence-corrected chi connectivity index (χ0v) is 11.6. The third-order valence-corrected chi connectivity index (χ3v) is 3.21. The second-order valence-electron chi connectivity index (χ2n) is 4.75. The summed E-state index contributed by atoms with van der Waals surface area (Å²) in [5.41, 5.74) is 5.32. The molecule has 114 valence electrons. The SMILES string of the molecule is CN(CCCCCO)c1ccc(CN)c(C(F)(F)F)c1. The normalized spacial score (nSPS) is 11.7. The number of alkyl halides is 3. The number of rotatable bonds is 7. The number of benzene rings is 1. The third-order valence-electron chi connectivity index (χ3n) is 3.21. The highest BCUT2D eigenvalue weighted by Crippen LogP contribution is 2.34. The molecule has 0 atom stereocenters. The Morgan fingerprint density at radius 3 is 2.45 bits per heavy atom. The molecule has 1 rings (SSSR count). The molecule has 20 heavy (non-hydrogen) atoms. The van der Waals surface area contributed by atoms with Gasteiger partial charge in [-0.3, -0.25) is 0 Å². The van der Waals surface area contributed by atoms with Crippen LogP contribution in [0.15, 0.2) is 18.2 Å². The van der Waals surface area contributed by atoms with Gasteiger partial charge in [0.25, 0.3) is 0 Å². The van der Waals surface area contributed by atoms with Crippen LogP contribution in [-0.4, -0.2) is 25.3 Å². The van der Waals surface area contributed by atoms with E-state index in [0.29, 0.717) is 18.7 Å². The first kappa shape index (κ1) is 16.8. The number of aliphatic hydroxyl groups excluding tert-OH is 1. The Morgan fingerprint density at radius 1 is 1.20 bits per heavy atom. The number of anilines is 1. The standard InChI is InChI=1S/C14H21F3N2O/c1-19(7-3-2-4-8-20)12-6-5-11(10-18)13(9-12)14(15,16)17/h5-6,9,20H,2-4,7-8,10,18H2,1H3. The van der Waals surface area contributed by atoms with Crippen molar-refractivity contribution in [3.05, 3.63) is 29.3 Å². The molecule has 3 nitrogen and oxygen atoms in total. The summed E-state index contributed by atoms with van der Waals surface area (Å²) in [5, 5.41) is 8.68. The lowest BCUT2D eigenvalue weighted by Gasteiger charge is -2.22. The summed E-state index contributed by atoms with van der Waals surface area (Å²) in [6, 6.07) is 4.24. The summed E-state index contributed by atoms with van der Waals surface area (Å²) in [7, 11) is 1.76. The number of hydrogen-bond donors (Lipinski definition) is 2. The van der Waals surface area contributed by atoms with Crippen LogP contribution in [0.2, 0.25) is 0 Å². The molecule has 0 fully saturated rings. The largest absolute Gasteiger partial charge is 0.416 e. The molecule has 0 saturated heterocycles. The highest BCUT2D eigenvalue weighted by Gasteiger charge is 2.33. The van der Waals surface area contributed by atoms with E-state index in [2.05, 4.69) is 0 Å². The first-order chi connectivity index (χ1) is 9.40. The van der Waals surface area contributed by atoms with Crippen molar-refractivity contribution in [3.63, 3.8) is 0 Å². The van der Waals surface area contributed by atoms with Gasteiger partial charge >= 0.3 is 6.18 Å². The van der Waals surface area contributed by atoms with Crippen LogP contribution in [0.25, 0.3) is 0 Å². The fourth-order valence-electron chi connectivity index (χ4n) is 2.01. The lowest BCUT2D eigenvalue weighted by atomic mass is 10.1. The molecular weight excluding hydrogens is 269 g/mol. The van der Waals surface area contributed by atoms with Crippen molar-refractivity contribution in [1.82, 2.24) is 0 Å². The van der Waals surface area contributed by atoms with Crippen molar-refractivity contribution in [2.45, 2.75) is 32.0 Å². The van der Waals surface area contributed by atoms with Crippen LogP contribution in [-0.2, 0) is 12.7 Å². The molecular formula is C14H21F3N2O. The minimum atomic E-state index is -4.39. The first-order valence-corrected chi connectivity index (χ1v) is 6.62. The van der Waals surface area contributed by atoms with E-state index in [4.69, 9.17) is 10.8 Å². The number of aliphatic hydroxyl groups is 1. The van der Waals surface area contributed by atoms with Crippen molar-refractivity contribution in [2.75, 3.05) is 25.1 Å². The van der Waals surface area contributed by atoms with Gasteiger partial charge in [-0.2, -0.15) is 13.2 Å². The second-order valence-corrected chi connectivity index (χ2v) is 4.75. The van der Waals surface area contributed by atoms with E-state index in [0.717, 1.165) is 18.9 Å². The minimum absolute atomic E-state index is 0.106. The Morgan fingerprint density at radius 2 is 1.90 bits per heavy atom. The van der Waals surface area contributed by atoms with Crippen LogP contribution in [0, 0.1) is 0 Å². The molecule has 0 heterocycles. The molecule has 1 aromatic carbocycles. The molecule has 0 aromatic heterocycles. The monoisotopic (exact) mass is 290 g/mol. The number of unbranched alkanes of at least 4 members (excludes halogenated alkanes) is 2. The number of nitrogens with zero attached hydrogens (tertiary/aromatic N) is 1. The molecule has 0 amide bonds. The van der Waals surface area contributed by atoms with E-state index in [9.17, 15) is 13.2 Å². The van der Waals surface area contributed by atoms with Crippen molar-refractivity contribution >= 4 is 5.69 Å². The number of nitrogens with two attached hydrogens (primary N) is 1. The summed E-state index contributed by atoms with van der Waals surface area (Å²) in [4.78, 5) is 1.78. The van der Waals surface area contributed by atoms with E-state index in [1.165, 1.54) is 6.07 Å². The smallest absolute Gasteiger partial charge is 0.396 e. The molecule has 0 aliphatic carbocycles. The minimum Gasteiger partial charge on any atom is -0.396 e. The van der Waals surface area contributed by atoms with Gasteiger partial charge in [-0.25, -0.2) is 0 Å². The molecule has 0 aliphatic rings. The maximum Gasteiger partial charge on any atom is 0.416 e. The van der Waals surface area contributed by atoms with Gasteiger partial charge < -0.3 is 15.7 Å². The molecule has 0 radical (unpaired) electrons. The molecule has 0 aliphatic heterocycles. The number of hydrogen-bond acceptors (Lipinski definition) is 3. The Balaban J connectivity index is 2.80. The Bertz CT molecular complexity index is 421. The topological polar surface area (TPSA) is 49.5 Å². The molecule has 1 aromatic rings. The quantitative estimate of drug-likeness (QED) is 0.759. The van der Waals surface area contributed by atoms with Gasteiger partial charge in [-0.05, 0) is 37.0 Å². The average Bonchev–Trinajstić information content (AvgIpc) is 2.41. The lowest BCUT2D eigenvalue weighted by molar-refractivity contribution is -0.138. The molecule has 0 unspecified atom stereocenters. The fourth-order valence-corrected chi connectivity index (χ4v) is 2.01. The molecule has 0 spiro atoms. The van der Waals surface area contributed by atoms with Gasteiger partial charge in [-0.1, -0.05) is 6.07 Å². The third kappa shape index (κ3) is 4.68. The van der Waals surface area contributed by atoms with Crippen LogP contribution in [0.4, 0.5) is 18.9 Å². The zero-order chi connectivity index (χ0) is 15.2. The molecule has 0 bridgehead atoms. The van der Waals surface area contributed by atoms with Crippen LogP contribution in [0.1, 0.15) is 30.4 Å². The first-order valence-electron chi connectivity index (χ1n) is 6.62. The summed E-state index contributed by atoms with van der Waals surface area (Å²) in [6.07, 6.45) is -1.99.